The summed E-state index contributed by atoms with van der Waals surface area (Å²) in [6, 6.07) is 8.69. The molecule has 4 saturated carbocycles. The van der Waals surface area contributed by atoms with Crippen LogP contribution in [0, 0.1) is 40.4 Å². The van der Waals surface area contributed by atoms with E-state index in [2.05, 4.69) is 19.2 Å². The molecule has 4 aliphatic rings. The fourth-order valence-electron chi connectivity index (χ4n) is 9.18. The van der Waals surface area contributed by atoms with Gasteiger partial charge in [-0.05, 0) is 91.4 Å². The maximum atomic E-state index is 13.6. The maximum Gasteiger partial charge on any atom is 0.432 e. The van der Waals surface area contributed by atoms with Gasteiger partial charge in [-0.2, -0.15) is 5.06 Å². The van der Waals surface area contributed by atoms with Crippen LogP contribution < -0.4 is 5.32 Å². The van der Waals surface area contributed by atoms with Crippen LogP contribution in [0.3, 0.4) is 0 Å². The lowest BCUT2D eigenvalue weighted by Crippen LogP contribution is -2.54. The number of hydroxylamine groups is 2. The van der Waals surface area contributed by atoms with Crippen molar-refractivity contribution < 1.29 is 19.5 Å². The summed E-state index contributed by atoms with van der Waals surface area (Å²) in [4.78, 5) is 31.6. The molecule has 4 aliphatic carbocycles. The van der Waals surface area contributed by atoms with Crippen LogP contribution in [0.4, 0.5) is 4.79 Å². The van der Waals surface area contributed by atoms with Crippen molar-refractivity contribution in [1.82, 2.24) is 10.4 Å². The lowest BCUT2D eigenvalue weighted by molar-refractivity contribution is -0.173. The number of benzene rings is 1. The zero-order valence-electron chi connectivity index (χ0n) is 22.2. The van der Waals surface area contributed by atoms with E-state index in [0.29, 0.717) is 11.3 Å². The predicted molar refractivity (Wildman–Crippen MR) is 138 cm³/mol. The van der Waals surface area contributed by atoms with E-state index in [1.54, 1.807) is 7.05 Å². The summed E-state index contributed by atoms with van der Waals surface area (Å²) < 4.78 is 0. The molecule has 0 spiro atoms. The third-order valence-corrected chi connectivity index (χ3v) is 11.1. The van der Waals surface area contributed by atoms with Crippen LogP contribution in [0.15, 0.2) is 30.3 Å². The number of rotatable bonds is 4. The zero-order chi connectivity index (χ0) is 25.5. The van der Waals surface area contributed by atoms with Crippen molar-refractivity contribution in [1.29, 1.82) is 0 Å². The molecule has 5 rings (SSSR count). The monoisotopic (exact) mass is 496 g/mol. The van der Waals surface area contributed by atoms with Gasteiger partial charge in [-0.25, -0.2) is 4.79 Å². The molecular formula is C30H44N2O4. The largest absolute Gasteiger partial charge is 0.432 e. The first-order chi connectivity index (χ1) is 17.3. The Hall–Kier alpha value is -2.08. The number of carbonyl (C=O) groups excluding carboxylic acids is 2. The molecule has 0 bridgehead atoms. The number of nitrogens with zero attached hydrogens (tertiary/aromatic N) is 1. The minimum Gasteiger partial charge on any atom is -0.394 e. The number of fused-ring (bicyclic) bond motifs is 5. The van der Waals surface area contributed by atoms with Crippen LogP contribution in [0.25, 0.3) is 0 Å². The molecule has 2 N–H and O–H groups in total. The maximum absolute atomic E-state index is 13.6. The highest BCUT2D eigenvalue weighted by molar-refractivity contribution is 5.80. The van der Waals surface area contributed by atoms with E-state index in [0.717, 1.165) is 47.6 Å². The molecule has 1 aromatic carbocycles. The Labute approximate surface area is 216 Å². The van der Waals surface area contributed by atoms with Gasteiger partial charge in [-0.15, -0.1) is 0 Å². The molecule has 6 nitrogen and oxygen atoms in total. The molecule has 8 atom stereocenters. The highest BCUT2D eigenvalue weighted by Crippen LogP contribution is 2.67. The molecule has 0 aliphatic heterocycles. The Balaban J connectivity index is 1.23. The molecule has 198 valence electrons. The summed E-state index contributed by atoms with van der Waals surface area (Å²) in [7, 11) is 1.55. The van der Waals surface area contributed by atoms with Gasteiger partial charge in [-0.3, -0.25) is 4.79 Å². The van der Waals surface area contributed by atoms with Crippen LogP contribution in [-0.2, 0) is 9.63 Å². The van der Waals surface area contributed by atoms with Crippen LogP contribution >= 0.6 is 0 Å². The van der Waals surface area contributed by atoms with Crippen molar-refractivity contribution in [2.75, 3.05) is 13.7 Å². The molecule has 1 aromatic rings. The Morgan fingerprint density at radius 3 is 2.50 bits per heavy atom. The summed E-state index contributed by atoms with van der Waals surface area (Å²) in [5, 5.41) is 13.6. The lowest BCUT2D eigenvalue weighted by Gasteiger charge is -2.60. The molecule has 4 fully saturated rings. The fraction of sp³-hybridized carbons (Fsp3) is 0.733. The Bertz CT molecular complexity index is 954. The fourth-order valence-corrected chi connectivity index (χ4v) is 9.18. The average molecular weight is 497 g/mol. The molecule has 0 aromatic heterocycles. The van der Waals surface area contributed by atoms with Gasteiger partial charge >= 0.3 is 6.09 Å². The third-order valence-electron chi connectivity index (χ3n) is 11.1. The second-order valence-corrected chi connectivity index (χ2v) is 12.6. The summed E-state index contributed by atoms with van der Waals surface area (Å²) in [5.74, 6) is 2.81. The number of amides is 2. The zero-order valence-corrected chi connectivity index (χ0v) is 22.2. The van der Waals surface area contributed by atoms with Crippen molar-refractivity contribution in [3.8, 4) is 0 Å². The number of aliphatic hydroxyl groups is 1. The number of hydrogen-bond donors (Lipinski definition) is 2. The average Bonchev–Trinajstić information content (AvgIpc) is 3.24. The van der Waals surface area contributed by atoms with Crippen LogP contribution in [0.5, 0.6) is 0 Å². The van der Waals surface area contributed by atoms with Gasteiger partial charge in [0.25, 0.3) is 5.91 Å². The first-order valence-electron chi connectivity index (χ1n) is 14.2. The van der Waals surface area contributed by atoms with E-state index >= 15 is 0 Å². The van der Waals surface area contributed by atoms with Gasteiger partial charge < -0.3 is 15.3 Å². The second-order valence-electron chi connectivity index (χ2n) is 12.6. The first-order valence-corrected chi connectivity index (χ1v) is 14.2. The second kappa shape index (κ2) is 10.00. The number of aliphatic hydroxyl groups excluding tert-OH is 1. The lowest BCUT2D eigenvalue weighted by atomic mass is 9.45. The molecular weight excluding hydrogens is 452 g/mol. The van der Waals surface area contributed by atoms with Crippen molar-refractivity contribution in [3.63, 3.8) is 0 Å². The first kappa shape index (κ1) is 25.6. The summed E-state index contributed by atoms with van der Waals surface area (Å²) >= 11 is 0. The minimum absolute atomic E-state index is 0.0259. The standard InChI is InChI=1S/C30H44N2O4/c1-29-17-8-7-11-21(29)12-13-22-23-14-15-25(30(23,2)18-16-24(22)29)27(34)32(3)36-28(35)31-26(19-33)20-9-5-4-6-10-20/h4-6,9-10,21-26,33H,7-8,11-19H2,1-3H3,(H,31,35)/t21?,22-,23-,24-,25?,26?,29-,30-/m0/s1. The molecule has 3 unspecified atom stereocenters. The van der Waals surface area contributed by atoms with Gasteiger partial charge in [0.1, 0.15) is 0 Å². The summed E-state index contributed by atoms with van der Waals surface area (Å²) in [6.45, 7) is 4.68. The van der Waals surface area contributed by atoms with Gasteiger partial charge in [0.15, 0.2) is 0 Å². The minimum atomic E-state index is -0.722. The van der Waals surface area contributed by atoms with E-state index in [-0.39, 0.29) is 23.8 Å². The van der Waals surface area contributed by atoms with Crippen molar-refractivity contribution >= 4 is 12.0 Å². The van der Waals surface area contributed by atoms with E-state index in [1.165, 1.54) is 44.9 Å². The molecule has 2 amide bonds. The van der Waals surface area contributed by atoms with E-state index < -0.39 is 12.1 Å². The third kappa shape index (κ3) is 4.33. The normalized spacial score (nSPS) is 38.2. The molecule has 36 heavy (non-hydrogen) atoms. The van der Waals surface area contributed by atoms with Gasteiger partial charge in [-0.1, -0.05) is 57.0 Å². The summed E-state index contributed by atoms with van der Waals surface area (Å²) in [6.07, 6.45) is 11.8. The van der Waals surface area contributed by atoms with Crippen LogP contribution in [0.2, 0.25) is 0 Å². The quantitative estimate of drug-likeness (QED) is 0.511. The van der Waals surface area contributed by atoms with E-state index in [1.807, 2.05) is 30.3 Å². The predicted octanol–water partition coefficient (Wildman–Crippen LogP) is 5.87. The topological polar surface area (TPSA) is 78.9 Å². The number of carbonyl (C=O) groups is 2. The molecule has 6 heteroatoms. The Morgan fingerprint density at radius 1 is 1.00 bits per heavy atom. The van der Waals surface area contributed by atoms with E-state index in [9.17, 15) is 14.7 Å². The van der Waals surface area contributed by atoms with Gasteiger partial charge in [0, 0.05) is 13.0 Å². The Morgan fingerprint density at radius 2 is 1.75 bits per heavy atom. The molecule has 0 saturated heterocycles. The van der Waals surface area contributed by atoms with Gasteiger partial charge in [0.2, 0.25) is 0 Å². The highest BCUT2D eigenvalue weighted by Gasteiger charge is 2.61. The van der Waals surface area contributed by atoms with Crippen molar-refractivity contribution in [3.05, 3.63) is 35.9 Å². The molecule has 0 radical (unpaired) electrons. The molecule has 0 heterocycles. The number of nitrogens with one attached hydrogen (secondary N) is 1. The van der Waals surface area contributed by atoms with Crippen molar-refractivity contribution in [2.24, 2.45) is 40.4 Å². The Kier molecular flexibility index (Phi) is 7.10. The highest BCUT2D eigenvalue weighted by atomic mass is 16.7. The van der Waals surface area contributed by atoms with Crippen molar-refractivity contribution in [2.45, 2.75) is 84.1 Å². The number of hydrogen-bond acceptors (Lipinski definition) is 4. The van der Waals surface area contributed by atoms with Gasteiger partial charge in [0.05, 0.1) is 12.6 Å². The van der Waals surface area contributed by atoms with Crippen LogP contribution in [0.1, 0.15) is 89.7 Å². The van der Waals surface area contributed by atoms with E-state index in [4.69, 9.17) is 4.84 Å². The summed E-state index contributed by atoms with van der Waals surface area (Å²) in [5.41, 5.74) is 1.25. The smallest absolute Gasteiger partial charge is 0.394 e. The SMILES string of the molecule is CN(OC(=O)NC(CO)c1ccccc1)C(=O)C1CC[C@H]2[C@@H]3CCC4CCCC[C@]4(C)[C@H]3CC[C@]12C. The van der Waals surface area contributed by atoms with Crippen LogP contribution in [-0.4, -0.2) is 35.8 Å².